The Morgan fingerprint density at radius 1 is 0.935 bits per heavy atom. The van der Waals surface area contributed by atoms with Crippen molar-refractivity contribution in [3.05, 3.63) is 23.8 Å². The van der Waals surface area contributed by atoms with Crippen molar-refractivity contribution in [2.75, 3.05) is 0 Å². The number of rotatable bonds is 11. The molecule has 1 aromatic carbocycles. The molecule has 1 N–H and O–H groups in total. The fraction of sp³-hybridized carbons (Fsp3) is 0.640. The van der Waals surface area contributed by atoms with Crippen molar-refractivity contribution in [2.24, 2.45) is 11.8 Å². The molecule has 2 rings (SSSR count). The molecule has 1 atom stereocenters. The lowest BCUT2D eigenvalue weighted by molar-refractivity contribution is -0.138. The van der Waals surface area contributed by atoms with Crippen molar-refractivity contribution >= 4 is 17.7 Å². The second-order valence-electron chi connectivity index (χ2n) is 9.28. The minimum atomic E-state index is -0.420. The van der Waals surface area contributed by atoms with Gasteiger partial charge in [0.15, 0.2) is 17.3 Å². The first-order chi connectivity index (χ1) is 14.7. The van der Waals surface area contributed by atoms with Crippen LogP contribution in [-0.4, -0.2) is 29.8 Å². The molecule has 6 heteroatoms. The van der Waals surface area contributed by atoms with Gasteiger partial charge in [0.1, 0.15) is 0 Å². The summed E-state index contributed by atoms with van der Waals surface area (Å²) in [6, 6.07) is 4.78. The first-order valence-corrected chi connectivity index (χ1v) is 11.5. The van der Waals surface area contributed by atoms with E-state index >= 15 is 0 Å². The third kappa shape index (κ3) is 8.09. The number of nitrogens with one attached hydrogen (secondary N) is 1. The molecule has 1 fully saturated rings. The normalized spacial score (nSPS) is 15.3. The van der Waals surface area contributed by atoms with E-state index in [0.29, 0.717) is 18.0 Å². The Kier molecular flexibility index (Phi) is 9.69. The standard InChI is InChI=1S/C25H37NO5/c1-6-20(26-19-9-7-8-10-19)25(29)18-11-12-21(30-23(27)13-16(2)3)22(15-18)31-24(28)14-17(4)5/h11-12,15-17,19-20,26H,6-10,13-14H2,1-5H3. The number of esters is 2. The molecule has 0 spiro atoms. The van der Waals surface area contributed by atoms with Gasteiger partial charge in [0.05, 0.1) is 6.04 Å². The molecule has 0 amide bonds. The molecule has 6 nitrogen and oxygen atoms in total. The lowest BCUT2D eigenvalue weighted by Crippen LogP contribution is -2.41. The number of ketones is 1. The Morgan fingerprint density at radius 3 is 2.00 bits per heavy atom. The zero-order chi connectivity index (χ0) is 23.0. The highest BCUT2D eigenvalue weighted by Crippen LogP contribution is 2.31. The van der Waals surface area contributed by atoms with E-state index in [-0.39, 0.29) is 48.0 Å². The molecule has 31 heavy (non-hydrogen) atoms. The van der Waals surface area contributed by atoms with E-state index in [0.717, 1.165) is 12.8 Å². The van der Waals surface area contributed by atoms with E-state index in [2.05, 4.69) is 5.32 Å². The Morgan fingerprint density at radius 2 is 1.48 bits per heavy atom. The lowest BCUT2D eigenvalue weighted by Gasteiger charge is -2.21. The highest BCUT2D eigenvalue weighted by molar-refractivity contribution is 6.00. The lowest BCUT2D eigenvalue weighted by atomic mass is 10.0. The molecule has 172 valence electrons. The first kappa shape index (κ1) is 25.1. The van der Waals surface area contributed by atoms with Crippen molar-refractivity contribution in [1.29, 1.82) is 0 Å². The number of carbonyl (C=O) groups is 3. The molecule has 1 aliphatic rings. The van der Waals surface area contributed by atoms with E-state index in [1.807, 2.05) is 34.6 Å². The molecular weight excluding hydrogens is 394 g/mol. The van der Waals surface area contributed by atoms with Gasteiger partial charge in [0, 0.05) is 24.4 Å². The molecule has 1 saturated carbocycles. The van der Waals surface area contributed by atoms with Gasteiger partial charge in [-0.05, 0) is 49.3 Å². The predicted molar refractivity (Wildman–Crippen MR) is 120 cm³/mol. The second kappa shape index (κ2) is 12.0. The van der Waals surface area contributed by atoms with Crippen LogP contribution in [0, 0.1) is 11.8 Å². The smallest absolute Gasteiger partial charge is 0.311 e. The van der Waals surface area contributed by atoms with Crippen LogP contribution >= 0.6 is 0 Å². The molecule has 0 bridgehead atoms. The summed E-state index contributed by atoms with van der Waals surface area (Å²) < 4.78 is 11.0. The zero-order valence-corrected chi connectivity index (χ0v) is 19.5. The Bertz CT molecular complexity index is 765. The fourth-order valence-electron chi connectivity index (χ4n) is 3.78. The third-order valence-corrected chi connectivity index (χ3v) is 5.34. The maximum atomic E-state index is 13.1. The molecule has 1 aliphatic carbocycles. The van der Waals surface area contributed by atoms with Crippen molar-refractivity contribution in [3.63, 3.8) is 0 Å². The van der Waals surface area contributed by atoms with Crippen LogP contribution < -0.4 is 14.8 Å². The van der Waals surface area contributed by atoms with Crippen LogP contribution in [0.15, 0.2) is 18.2 Å². The number of Topliss-reactive ketones (excluding diaryl/α,β-unsaturated/α-hetero) is 1. The average molecular weight is 432 g/mol. The summed E-state index contributed by atoms with van der Waals surface area (Å²) in [5.41, 5.74) is 0.438. The van der Waals surface area contributed by atoms with Crippen LogP contribution in [0.2, 0.25) is 0 Å². The van der Waals surface area contributed by atoms with Gasteiger partial charge >= 0.3 is 11.9 Å². The van der Waals surface area contributed by atoms with E-state index in [9.17, 15) is 14.4 Å². The number of hydrogen-bond donors (Lipinski definition) is 1. The fourth-order valence-corrected chi connectivity index (χ4v) is 3.78. The van der Waals surface area contributed by atoms with Gasteiger partial charge < -0.3 is 14.8 Å². The molecule has 0 radical (unpaired) electrons. The molecule has 0 heterocycles. The Labute approximate surface area is 186 Å². The summed E-state index contributed by atoms with van der Waals surface area (Å²) in [6.07, 6.45) is 5.72. The van der Waals surface area contributed by atoms with Gasteiger partial charge in [-0.25, -0.2) is 0 Å². The number of benzene rings is 1. The summed E-state index contributed by atoms with van der Waals surface area (Å²) in [4.78, 5) is 37.6. The van der Waals surface area contributed by atoms with Crippen LogP contribution in [0.4, 0.5) is 0 Å². The third-order valence-electron chi connectivity index (χ3n) is 5.34. The molecule has 1 unspecified atom stereocenters. The van der Waals surface area contributed by atoms with Crippen LogP contribution in [0.25, 0.3) is 0 Å². The van der Waals surface area contributed by atoms with Crippen molar-refractivity contribution in [2.45, 2.75) is 91.6 Å². The maximum Gasteiger partial charge on any atom is 0.311 e. The van der Waals surface area contributed by atoms with Gasteiger partial charge in [0.2, 0.25) is 0 Å². The summed E-state index contributed by atoms with van der Waals surface area (Å²) in [6.45, 7) is 9.68. The van der Waals surface area contributed by atoms with Crippen LogP contribution in [0.1, 0.15) is 89.9 Å². The minimum Gasteiger partial charge on any atom is -0.423 e. The van der Waals surface area contributed by atoms with Crippen molar-refractivity contribution < 1.29 is 23.9 Å². The highest BCUT2D eigenvalue weighted by atomic mass is 16.6. The van der Waals surface area contributed by atoms with Crippen LogP contribution in [0.3, 0.4) is 0 Å². The quantitative estimate of drug-likeness (QED) is 0.299. The van der Waals surface area contributed by atoms with Gasteiger partial charge in [-0.15, -0.1) is 0 Å². The van der Waals surface area contributed by atoms with Crippen molar-refractivity contribution in [3.8, 4) is 11.5 Å². The molecule has 1 aromatic rings. The monoisotopic (exact) mass is 431 g/mol. The van der Waals surface area contributed by atoms with E-state index < -0.39 is 11.9 Å². The summed E-state index contributed by atoms with van der Waals surface area (Å²) >= 11 is 0. The predicted octanol–water partition coefficient (Wildman–Crippen LogP) is 5.08. The van der Waals surface area contributed by atoms with E-state index in [1.165, 1.54) is 18.9 Å². The number of carbonyl (C=O) groups excluding carboxylic acids is 3. The Balaban J connectivity index is 2.24. The number of ether oxygens (including phenoxy) is 2. The van der Waals surface area contributed by atoms with Gasteiger partial charge in [-0.1, -0.05) is 47.5 Å². The van der Waals surface area contributed by atoms with Crippen LogP contribution in [-0.2, 0) is 9.59 Å². The SMILES string of the molecule is CCC(NC1CCCC1)C(=O)c1ccc(OC(=O)CC(C)C)c(OC(=O)CC(C)C)c1. The first-order valence-electron chi connectivity index (χ1n) is 11.5. The maximum absolute atomic E-state index is 13.1. The van der Waals surface area contributed by atoms with E-state index in [4.69, 9.17) is 9.47 Å². The van der Waals surface area contributed by atoms with Gasteiger partial charge in [-0.3, -0.25) is 14.4 Å². The highest BCUT2D eigenvalue weighted by Gasteiger charge is 2.25. The van der Waals surface area contributed by atoms with Gasteiger partial charge in [-0.2, -0.15) is 0 Å². The molecule has 0 saturated heterocycles. The van der Waals surface area contributed by atoms with Crippen LogP contribution in [0.5, 0.6) is 11.5 Å². The average Bonchev–Trinajstić information content (AvgIpc) is 3.18. The molecular formula is C25H37NO5. The zero-order valence-electron chi connectivity index (χ0n) is 19.5. The van der Waals surface area contributed by atoms with Gasteiger partial charge in [0.25, 0.3) is 0 Å². The minimum absolute atomic E-state index is 0.0457. The molecule has 0 aromatic heterocycles. The summed E-state index contributed by atoms with van der Waals surface area (Å²) in [5.74, 6) is -0.311. The van der Waals surface area contributed by atoms with E-state index in [1.54, 1.807) is 12.1 Å². The topological polar surface area (TPSA) is 81.7 Å². The second-order valence-corrected chi connectivity index (χ2v) is 9.28. The summed E-state index contributed by atoms with van der Waals surface area (Å²) in [5, 5.41) is 3.48. The number of hydrogen-bond acceptors (Lipinski definition) is 6. The largest absolute Gasteiger partial charge is 0.423 e. The summed E-state index contributed by atoms with van der Waals surface area (Å²) in [7, 11) is 0. The van der Waals surface area contributed by atoms with Crippen molar-refractivity contribution in [1.82, 2.24) is 5.32 Å². The Hall–Kier alpha value is -2.21. The molecule has 0 aliphatic heterocycles.